The molecule has 0 aliphatic heterocycles. The van der Waals surface area contributed by atoms with Gasteiger partial charge in [-0.05, 0) is 25.1 Å². The zero-order chi connectivity index (χ0) is 13.9. The van der Waals surface area contributed by atoms with Crippen molar-refractivity contribution in [2.24, 2.45) is 5.73 Å². The molecule has 0 amide bonds. The highest BCUT2D eigenvalue weighted by Gasteiger charge is 2.41. The van der Waals surface area contributed by atoms with E-state index in [-0.39, 0.29) is 5.75 Å². The van der Waals surface area contributed by atoms with Gasteiger partial charge in [-0.25, -0.2) is 8.78 Å². The quantitative estimate of drug-likeness (QED) is 0.835. The molecule has 0 aromatic heterocycles. The van der Waals surface area contributed by atoms with Crippen molar-refractivity contribution < 1.29 is 22.3 Å². The van der Waals surface area contributed by atoms with Gasteiger partial charge in [-0.15, -0.1) is 0 Å². The molecule has 0 saturated heterocycles. The maximum atomic E-state index is 12.7. The van der Waals surface area contributed by atoms with Gasteiger partial charge in [0, 0.05) is 16.1 Å². The van der Waals surface area contributed by atoms with E-state index in [0.29, 0.717) is 10.0 Å². The van der Waals surface area contributed by atoms with Crippen LogP contribution < -0.4 is 10.5 Å². The van der Waals surface area contributed by atoms with E-state index in [0.717, 1.165) is 0 Å². The van der Waals surface area contributed by atoms with Gasteiger partial charge in [0.15, 0.2) is 6.61 Å². The van der Waals surface area contributed by atoms with Crippen LogP contribution in [-0.4, -0.2) is 19.0 Å². The molecule has 0 spiro atoms. The van der Waals surface area contributed by atoms with Crippen LogP contribution in [0.5, 0.6) is 5.75 Å². The molecule has 0 aliphatic carbocycles. The first-order valence-corrected chi connectivity index (χ1v) is 5.87. The molecule has 0 radical (unpaired) electrons. The molecule has 102 valence electrons. The van der Waals surface area contributed by atoms with Crippen LogP contribution in [0, 0.1) is 0 Å². The van der Waals surface area contributed by atoms with E-state index in [1.165, 1.54) is 6.07 Å². The van der Waals surface area contributed by atoms with Crippen LogP contribution in [0.4, 0.5) is 17.6 Å². The van der Waals surface area contributed by atoms with Crippen LogP contribution in [0.25, 0.3) is 0 Å². The Balaban J connectivity index is 2.85. The first kappa shape index (κ1) is 15.2. The topological polar surface area (TPSA) is 35.2 Å². The second kappa shape index (κ2) is 5.88. The first-order valence-electron chi connectivity index (χ1n) is 5.08. The summed E-state index contributed by atoms with van der Waals surface area (Å²) in [5.74, 6) is -4.10. The highest BCUT2D eigenvalue weighted by Crippen LogP contribution is 2.30. The zero-order valence-corrected chi connectivity index (χ0v) is 11.1. The van der Waals surface area contributed by atoms with Gasteiger partial charge >= 0.3 is 12.3 Å². The summed E-state index contributed by atoms with van der Waals surface area (Å²) in [6.07, 6.45) is -3.76. The van der Waals surface area contributed by atoms with E-state index in [2.05, 4.69) is 15.9 Å². The second-order valence-electron chi connectivity index (χ2n) is 3.82. The summed E-state index contributed by atoms with van der Waals surface area (Å²) in [5, 5.41) is 0. The lowest BCUT2D eigenvalue weighted by atomic mass is 10.1. The van der Waals surface area contributed by atoms with Crippen molar-refractivity contribution >= 4 is 15.9 Å². The van der Waals surface area contributed by atoms with Crippen LogP contribution in [0.3, 0.4) is 0 Å². The lowest BCUT2D eigenvalue weighted by Gasteiger charge is -2.19. The maximum absolute atomic E-state index is 12.7. The Morgan fingerprint density at radius 1 is 1.39 bits per heavy atom. The van der Waals surface area contributed by atoms with Gasteiger partial charge < -0.3 is 10.5 Å². The number of rotatable bonds is 5. The monoisotopic (exact) mass is 329 g/mol. The van der Waals surface area contributed by atoms with Crippen LogP contribution in [0.15, 0.2) is 22.7 Å². The molecule has 2 nitrogen and oxygen atoms in total. The smallest absolute Gasteiger partial charge is 0.340 e. The van der Waals surface area contributed by atoms with E-state index in [4.69, 9.17) is 10.5 Å². The molecular weight excluding hydrogens is 318 g/mol. The third-order valence-electron chi connectivity index (χ3n) is 2.20. The summed E-state index contributed by atoms with van der Waals surface area (Å²) in [7, 11) is 0. The Kier molecular flexibility index (Phi) is 4.98. The molecule has 1 rings (SSSR count). The van der Waals surface area contributed by atoms with Crippen LogP contribution in [0.1, 0.15) is 18.5 Å². The summed E-state index contributed by atoms with van der Waals surface area (Å²) < 4.78 is 54.9. The summed E-state index contributed by atoms with van der Waals surface area (Å²) in [6.45, 7) is 0.256. The predicted molar refractivity (Wildman–Crippen MR) is 63.2 cm³/mol. The van der Waals surface area contributed by atoms with E-state index >= 15 is 0 Å². The fraction of sp³-hybridized carbons (Fsp3) is 0.455. The standard InChI is InChI=1S/C11H12BrF4NO/c1-6(17)8-4-7(12)2-3-9(8)18-5-11(15,16)10(13)14/h2-4,6,10H,5,17H2,1H3/t6-/m1/s1. The van der Waals surface area contributed by atoms with Crippen LogP contribution in [0.2, 0.25) is 0 Å². The summed E-state index contributed by atoms with van der Waals surface area (Å²) >= 11 is 3.20. The Morgan fingerprint density at radius 2 is 2.00 bits per heavy atom. The highest BCUT2D eigenvalue weighted by atomic mass is 79.9. The van der Waals surface area contributed by atoms with Gasteiger partial charge in [-0.1, -0.05) is 15.9 Å². The van der Waals surface area contributed by atoms with Gasteiger partial charge in [0.05, 0.1) is 0 Å². The highest BCUT2D eigenvalue weighted by molar-refractivity contribution is 9.10. The maximum Gasteiger partial charge on any atom is 0.340 e. The third-order valence-corrected chi connectivity index (χ3v) is 2.70. The lowest BCUT2D eigenvalue weighted by molar-refractivity contribution is -0.148. The van der Waals surface area contributed by atoms with Crippen LogP contribution >= 0.6 is 15.9 Å². The molecule has 0 fully saturated rings. The van der Waals surface area contributed by atoms with Crippen molar-refractivity contribution in [2.45, 2.75) is 25.3 Å². The molecule has 1 aromatic rings. The van der Waals surface area contributed by atoms with Crippen molar-refractivity contribution in [3.63, 3.8) is 0 Å². The molecular formula is C11H12BrF4NO. The van der Waals surface area contributed by atoms with Gasteiger partial charge in [-0.3, -0.25) is 0 Å². The van der Waals surface area contributed by atoms with Crippen molar-refractivity contribution in [1.82, 2.24) is 0 Å². The predicted octanol–water partition coefficient (Wildman–Crippen LogP) is 3.75. The van der Waals surface area contributed by atoms with E-state index in [1.807, 2.05) is 0 Å². The summed E-state index contributed by atoms with van der Waals surface area (Å²) in [4.78, 5) is 0. The van der Waals surface area contributed by atoms with Gasteiger partial charge in [0.2, 0.25) is 0 Å². The molecule has 0 unspecified atom stereocenters. The summed E-state index contributed by atoms with van der Waals surface area (Å²) in [5.41, 5.74) is 6.11. The molecule has 7 heteroatoms. The van der Waals surface area contributed by atoms with Gasteiger partial charge in [0.25, 0.3) is 0 Å². The normalized spacial score (nSPS) is 13.8. The zero-order valence-electron chi connectivity index (χ0n) is 9.47. The fourth-order valence-corrected chi connectivity index (χ4v) is 1.62. The molecule has 0 saturated carbocycles. The van der Waals surface area contributed by atoms with Crippen molar-refractivity contribution in [1.29, 1.82) is 0 Å². The Bertz CT molecular complexity index is 412. The molecule has 1 aromatic carbocycles. The Morgan fingerprint density at radius 3 is 2.50 bits per heavy atom. The van der Waals surface area contributed by atoms with E-state index in [1.54, 1.807) is 19.1 Å². The number of nitrogens with two attached hydrogens (primary N) is 1. The molecule has 1 atom stereocenters. The number of halogens is 5. The number of benzene rings is 1. The minimum Gasteiger partial charge on any atom is -0.487 e. The average molecular weight is 330 g/mol. The third kappa shape index (κ3) is 3.84. The number of ether oxygens (including phenoxy) is 1. The second-order valence-corrected chi connectivity index (χ2v) is 4.74. The fourth-order valence-electron chi connectivity index (χ4n) is 1.24. The first-order chi connectivity index (χ1) is 8.24. The van der Waals surface area contributed by atoms with E-state index < -0.39 is 25.0 Å². The average Bonchev–Trinajstić information content (AvgIpc) is 2.27. The summed E-state index contributed by atoms with van der Waals surface area (Å²) in [6, 6.07) is 4.10. The van der Waals surface area contributed by atoms with Gasteiger partial charge in [0.1, 0.15) is 5.75 Å². The van der Waals surface area contributed by atoms with E-state index in [9.17, 15) is 17.6 Å². The molecule has 0 heterocycles. The molecule has 0 bridgehead atoms. The SMILES string of the molecule is C[C@@H](N)c1cc(Br)ccc1OCC(F)(F)C(F)F. The van der Waals surface area contributed by atoms with Crippen molar-refractivity contribution in [3.8, 4) is 5.75 Å². The molecule has 0 aliphatic rings. The molecule has 2 N–H and O–H groups in total. The number of hydrogen-bond acceptors (Lipinski definition) is 2. The van der Waals surface area contributed by atoms with Crippen LogP contribution in [-0.2, 0) is 0 Å². The van der Waals surface area contributed by atoms with Gasteiger partial charge in [-0.2, -0.15) is 8.78 Å². The molecule has 18 heavy (non-hydrogen) atoms. The minimum absolute atomic E-state index is 0.0773. The largest absolute Gasteiger partial charge is 0.487 e. The number of hydrogen-bond donors (Lipinski definition) is 1. The van der Waals surface area contributed by atoms with Crippen molar-refractivity contribution in [3.05, 3.63) is 28.2 Å². The minimum atomic E-state index is -4.18. The Hall–Kier alpha value is -0.820. The Labute approximate surface area is 110 Å². The number of alkyl halides is 4. The lowest BCUT2D eigenvalue weighted by Crippen LogP contribution is -2.34. The van der Waals surface area contributed by atoms with Crippen molar-refractivity contribution in [2.75, 3.05) is 6.61 Å².